The summed E-state index contributed by atoms with van der Waals surface area (Å²) in [6, 6.07) is 4.40. The third-order valence-electron chi connectivity index (χ3n) is 2.98. The van der Waals surface area contributed by atoms with Crippen LogP contribution in [-0.2, 0) is 4.79 Å². The van der Waals surface area contributed by atoms with E-state index >= 15 is 0 Å². The Bertz CT molecular complexity index is 567. The molecule has 2 N–H and O–H groups in total. The highest BCUT2D eigenvalue weighted by molar-refractivity contribution is 5.95. The van der Waals surface area contributed by atoms with Crippen molar-refractivity contribution in [3.8, 4) is 0 Å². The summed E-state index contributed by atoms with van der Waals surface area (Å²) in [7, 11) is 0. The Kier molecular flexibility index (Phi) is 3.97. The van der Waals surface area contributed by atoms with E-state index in [0.29, 0.717) is 0 Å². The number of nitrogens with one attached hydrogen (secondary N) is 2. The normalized spacial score (nSPS) is 13.7. The molecule has 0 atom stereocenters. The molecule has 2 rings (SSSR count). The number of nitro benzene ring substituents is 1. The van der Waals surface area contributed by atoms with Gasteiger partial charge in [-0.25, -0.2) is 0 Å². The molecule has 20 heavy (non-hydrogen) atoms. The topological polar surface area (TPSA) is 101 Å². The van der Waals surface area contributed by atoms with Gasteiger partial charge in [0.15, 0.2) is 5.78 Å². The summed E-state index contributed by atoms with van der Waals surface area (Å²) in [5.74, 6) is -0.441. The van der Waals surface area contributed by atoms with Crippen molar-refractivity contribution >= 4 is 23.1 Å². The lowest BCUT2D eigenvalue weighted by Gasteiger charge is -2.08. The van der Waals surface area contributed by atoms with Crippen LogP contribution in [0.2, 0.25) is 0 Å². The Hall–Kier alpha value is -2.44. The molecule has 0 bridgehead atoms. The van der Waals surface area contributed by atoms with Crippen LogP contribution in [0.1, 0.15) is 30.1 Å². The van der Waals surface area contributed by atoms with Gasteiger partial charge in [0.2, 0.25) is 5.91 Å². The molecule has 0 radical (unpaired) electrons. The molecule has 1 aliphatic rings. The summed E-state index contributed by atoms with van der Waals surface area (Å²) in [5.41, 5.74) is 0.285. The van der Waals surface area contributed by atoms with Crippen LogP contribution < -0.4 is 10.6 Å². The lowest BCUT2D eigenvalue weighted by molar-refractivity contribution is -0.384. The van der Waals surface area contributed by atoms with Crippen LogP contribution in [0.3, 0.4) is 0 Å². The number of nitro groups is 1. The molecule has 1 amide bonds. The summed E-state index contributed by atoms with van der Waals surface area (Å²) in [5, 5.41) is 16.5. The molecule has 106 valence electrons. The van der Waals surface area contributed by atoms with Gasteiger partial charge in [0.25, 0.3) is 5.69 Å². The fourth-order valence-electron chi connectivity index (χ4n) is 1.73. The minimum Gasteiger partial charge on any atom is -0.371 e. The smallest absolute Gasteiger partial charge is 0.293 e. The van der Waals surface area contributed by atoms with E-state index in [9.17, 15) is 19.7 Å². The number of hydrogen-bond acceptors (Lipinski definition) is 5. The highest BCUT2D eigenvalue weighted by Gasteiger charge is 2.23. The van der Waals surface area contributed by atoms with Gasteiger partial charge in [0, 0.05) is 17.7 Å². The van der Waals surface area contributed by atoms with Crippen LogP contribution in [0.5, 0.6) is 0 Å². The van der Waals surface area contributed by atoms with Gasteiger partial charge >= 0.3 is 0 Å². The number of carbonyl (C=O) groups is 2. The number of ketones is 1. The first-order valence-electron chi connectivity index (χ1n) is 6.30. The second-order valence-corrected chi connectivity index (χ2v) is 4.74. The van der Waals surface area contributed by atoms with Crippen molar-refractivity contribution in [1.29, 1.82) is 0 Å². The van der Waals surface area contributed by atoms with Gasteiger partial charge in [0.05, 0.1) is 11.5 Å². The maximum absolute atomic E-state index is 11.5. The summed E-state index contributed by atoms with van der Waals surface area (Å²) in [6.07, 6.45) is 1.97. The molecule has 1 fully saturated rings. The molecule has 1 aromatic carbocycles. The first-order chi connectivity index (χ1) is 9.47. The van der Waals surface area contributed by atoms with Gasteiger partial charge in [-0.05, 0) is 31.9 Å². The Morgan fingerprint density at radius 3 is 2.65 bits per heavy atom. The molecule has 0 aliphatic heterocycles. The zero-order chi connectivity index (χ0) is 14.7. The summed E-state index contributed by atoms with van der Waals surface area (Å²) in [6.45, 7) is 1.31. The number of anilines is 1. The monoisotopic (exact) mass is 277 g/mol. The van der Waals surface area contributed by atoms with Crippen molar-refractivity contribution in [2.45, 2.75) is 25.8 Å². The molecule has 0 aromatic heterocycles. The first-order valence-corrected chi connectivity index (χ1v) is 6.30. The molecule has 1 saturated carbocycles. The van der Waals surface area contributed by atoms with Crippen molar-refractivity contribution in [1.82, 2.24) is 5.32 Å². The van der Waals surface area contributed by atoms with E-state index in [1.165, 1.54) is 25.1 Å². The van der Waals surface area contributed by atoms with Crippen molar-refractivity contribution < 1.29 is 14.5 Å². The SMILES string of the molecule is CC(=O)c1ccc(NCC(=O)NC2CC2)c([N+](=O)[O-])c1. The van der Waals surface area contributed by atoms with E-state index in [2.05, 4.69) is 10.6 Å². The van der Waals surface area contributed by atoms with Crippen LogP contribution in [0.25, 0.3) is 0 Å². The zero-order valence-electron chi connectivity index (χ0n) is 11.0. The number of nitrogens with zero attached hydrogens (tertiary/aromatic N) is 1. The molecule has 1 aromatic rings. The van der Waals surface area contributed by atoms with E-state index in [-0.39, 0.29) is 41.2 Å². The Morgan fingerprint density at radius 1 is 1.40 bits per heavy atom. The van der Waals surface area contributed by atoms with Crippen molar-refractivity contribution in [2.75, 3.05) is 11.9 Å². The van der Waals surface area contributed by atoms with Crippen molar-refractivity contribution in [3.05, 3.63) is 33.9 Å². The van der Waals surface area contributed by atoms with Crippen LogP contribution >= 0.6 is 0 Å². The molecular formula is C13H15N3O4. The van der Waals surface area contributed by atoms with E-state index in [4.69, 9.17) is 0 Å². The van der Waals surface area contributed by atoms with Crippen LogP contribution in [0, 0.1) is 10.1 Å². The Balaban J connectivity index is 2.07. The van der Waals surface area contributed by atoms with Crippen LogP contribution in [-0.4, -0.2) is 29.2 Å². The predicted molar refractivity (Wildman–Crippen MR) is 72.8 cm³/mol. The second-order valence-electron chi connectivity index (χ2n) is 4.74. The number of rotatable bonds is 6. The molecule has 0 unspecified atom stereocenters. The molecule has 0 heterocycles. The van der Waals surface area contributed by atoms with Gasteiger partial charge in [-0.1, -0.05) is 0 Å². The second kappa shape index (κ2) is 5.68. The summed E-state index contributed by atoms with van der Waals surface area (Å²) < 4.78 is 0. The minimum atomic E-state index is -0.576. The fraction of sp³-hybridized carbons (Fsp3) is 0.385. The van der Waals surface area contributed by atoms with Crippen molar-refractivity contribution in [3.63, 3.8) is 0 Å². The van der Waals surface area contributed by atoms with Crippen LogP contribution in [0.4, 0.5) is 11.4 Å². The van der Waals surface area contributed by atoms with Gasteiger partial charge < -0.3 is 10.6 Å². The minimum absolute atomic E-state index is 0.0310. The Morgan fingerprint density at radius 2 is 2.10 bits per heavy atom. The average Bonchev–Trinajstić information content (AvgIpc) is 3.19. The molecule has 7 nitrogen and oxygen atoms in total. The Labute approximate surface area is 115 Å². The zero-order valence-corrected chi connectivity index (χ0v) is 11.0. The molecule has 7 heteroatoms. The highest BCUT2D eigenvalue weighted by atomic mass is 16.6. The number of hydrogen-bond donors (Lipinski definition) is 2. The summed E-state index contributed by atoms with van der Waals surface area (Å²) >= 11 is 0. The molecular weight excluding hydrogens is 262 g/mol. The fourth-order valence-corrected chi connectivity index (χ4v) is 1.73. The lowest BCUT2D eigenvalue weighted by atomic mass is 10.1. The predicted octanol–water partition coefficient (Wildman–Crippen LogP) is 1.49. The quantitative estimate of drug-likeness (QED) is 0.466. The third-order valence-corrected chi connectivity index (χ3v) is 2.98. The maximum atomic E-state index is 11.5. The number of benzene rings is 1. The van der Waals surface area contributed by atoms with E-state index < -0.39 is 4.92 Å². The molecule has 1 aliphatic carbocycles. The maximum Gasteiger partial charge on any atom is 0.293 e. The van der Waals surface area contributed by atoms with E-state index in [0.717, 1.165) is 12.8 Å². The highest BCUT2D eigenvalue weighted by Crippen LogP contribution is 2.25. The van der Waals surface area contributed by atoms with E-state index in [1.807, 2.05) is 0 Å². The van der Waals surface area contributed by atoms with Gasteiger partial charge in [-0.3, -0.25) is 19.7 Å². The standard InChI is InChI=1S/C13H15N3O4/c1-8(17)9-2-5-11(12(6-9)16(19)20)14-7-13(18)15-10-3-4-10/h2,5-6,10,14H,3-4,7H2,1H3,(H,15,18). The average molecular weight is 277 g/mol. The number of Topliss-reactive ketones (excluding diaryl/α,β-unsaturated/α-hetero) is 1. The van der Waals surface area contributed by atoms with Gasteiger partial charge in [0.1, 0.15) is 5.69 Å². The third kappa shape index (κ3) is 3.53. The summed E-state index contributed by atoms with van der Waals surface area (Å²) in [4.78, 5) is 33.2. The first kappa shape index (κ1) is 14.0. The largest absolute Gasteiger partial charge is 0.371 e. The lowest BCUT2D eigenvalue weighted by Crippen LogP contribution is -2.31. The van der Waals surface area contributed by atoms with Crippen LogP contribution in [0.15, 0.2) is 18.2 Å². The molecule has 0 spiro atoms. The van der Waals surface area contributed by atoms with E-state index in [1.54, 1.807) is 0 Å². The number of amides is 1. The number of carbonyl (C=O) groups excluding carboxylic acids is 2. The van der Waals surface area contributed by atoms with Gasteiger partial charge in [-0.2, -0.15) is 0 Å². The van der Waals surface area contributed by atoms with Crippen molar-refractivity contribution in [2.24, 2.45) is 0 Å². The van der Waals surface area contributed by atoms with Gasteiger partial charge in [-0.15, -0.1) is 0 Å². The molecule has 0 saturated heterocycles.